The van der Waals surface area contributed by atoms with Crippen molar-refractivity contribution in [2.75, 3.05) is 0 Å². The van der Waals surface area contributed by atoms with Crippen molar-refractivity contribution < 1.29 is 24.0 Å². The molecule has 222 valence electrons. The topological polar surface area (TPSA) is 146 Å². The number of ketones is 1. The lowest BCUT2D eigenvalue weighted by molar-refractivity contribution is -0.141. The summed E-state index contributed by atoms with van der Waals surface area (Å²) in [5.41, 5.74) is 0.351. The zero-order valence-corrected chi connectivity index (χ0v) is 24.9. The molecule has 1 aliphatic rings. The molecule has 0 bridgehead atoms. The van der Waals surface area contributed by atoms with E-state index in [1.54, 1.807) is 32.0 Å². The lowest BCUT2D eigenvalue weighted by Gasteiger charge is -2.31. The molecule has 10 heteroatoms. The van der Waals surface area contributed by atoms with Crippen molar-refractivity contribution in [2.45, 2.75) is 97.8 Å². The van der Waals surface area contributed by atoms with Crippen LogP contribution in [-0.2, 0) is 19.2 Å². The second-order valence-corrected chi connectivity index (χ2v) is 12.3. The first-order valence-corrected chi connectivity index (χ1v) is 14.4. The average molecular weight is 566 g/mol. The maximum atomic E-state index is 13.4. The van der Waals surface area contributed by atoms with Crippen molar-refractivity contribution in [3.63, 3.8) is 0 Å². The lowest BCUT2D eigenvalue weighted by Crippen LogP contribution is -2.59. The molecule has 41 heavy (non-hydrogen) atoms. The van der Waals surface area contributed by atoms with Crippen molar-refractivity contribution in [3.8, 4) is 0 Å². The highest BCUT2D eigenvalue weighted by Gasteiger charge is 2.36. The molecule has 1 saturated carbocycles. The highest BCUT2D eigenvalue weighted by molar-refractivity contribution is 6.38. The molecule has 0 saturated heterocycles. The number of carbonyl (C=O) groups is 5. The summed E-state index contributed by atoms with van der Waals surface area (Å²) in [5.74, 6) is -3.34. The first-order valence-electron chi connectivity index (χ1n) is 14.4. The molecule has 0 unspecified atom stereocenters. The number of para-hydroxylation sites is 1. The molecule has 1 fully saturated rings. The largest absolute Gasteiger partial charge is 0.347 e. The number of carbonyl (C=O) groups excluding carboxylic acids is 5. The van der Waals surface area contributed by atoms with E-state index < -0.39 is 53.0 Å². The Kier molecular flexibility index (Phi) is 10.6. The number of hydrogen-bond acceptors (Lipinski definition) is 6. The van der Waals surface area contributed by atoms with Crippen LogP contribution < -0.4 is 21.3 Å². The maximum absolute atomic E-state index is 13.4. The summed E-state index contributed by atoms with van der Waals surface area (Å²) >= 11 is 0. The molecule has 4 N–H and O–H groups in total. The van der Waals surface area contributed by atoms with Crippen molar-refractivity contribution in [1.82, 2.24) is 26.3 Å². The third kappa shape index (κ3) is 8.34. The van der Waals surface area contributed by atoms with Crippen LogP contribution in [0.25, 0.3) is 10.9 Å². The van der Waals surface area contributed by atoms with Gasteiger partial charge < -0.3 is 21.3 Å². The SMILES string of the molecule is CC(C)[C@H](NC(=O)[C@H](C)NC(=O)[C@@H](NC(=O)c1ccnc2ccccc12)C(C)(C)C)C(=O)C(=O)NC1CCCCC1. The molecule has 1 aromatic carbocycles. The van der Waals surface area contributed by atoms with E-state index in [4.69, 9.17) is 0 Å². The molecule has 3 rings (SSSR count). The fourth-order valence-corrected chi connectivity index (χ4v) is 5.00. The number of nitrogens with zero attached hydrogens (tertiary/aromatic N) is 1. The second kappa shape index (κ2) is 13.7. The number of pyridine rings is 1. The van der Waals surface area contributed by atoms with E-state index in [0.717, 1.165) is 32.1 Å². The van der Waals surface area contributed by atoms with Crippen molar-refractivity contribution in [3.05, 3.63) is 42.1 Å². The lowest BCUT2D eigenvalue weighted by atomic mass is 9.85. The molecular weight excluding hydrogens is 522 g/mol. The summed E-state index contributed by atoms with van der Waals surface area (Å²) in [7, 11) is 0. The molecule has 0 aliphatic heterocycles. The highest BCUT2D eigenvalue weighted by Crippen LogP contribution is 2.22. The van der Waals surface area contributed by atoms with E-state index in [1.165, 1.54) is 13.1 Å². The van der Waals surface area contributed by atoms with Crippen LogP contribution in [0.1, 0.15) is 84.0 Å². The molecule has 1 aliphatic carbocycles. The van der Waals surface area contributed by atoms with E-state index in [-0.39, 0.29) is 12.0 Å². The van der Waals surface area contributed by atoms with Gasteiger partial charge in [0.15, 0.2) is 0 Å². The summed E-state index contributed by atoms with van der Waals surface area (Å²) in [6.07, 6.45) is 6.35. The van der Waals surface area contributed by atoms with E-state index in [1.807, 2.05) is 32.9 Å². The Bertz CT molecular complexity index is 1270. The van der Waals surface area contributed by atoms with Crippen LogP contribution in [0, 0.1) is 11.3 Å². The van der Waals surface area contributed by atoms with Gasteiger partial charge in [0.1, 0.15) is 12.1 Å². The predicted molar refractivity (Wildman–Crippen MR) is 157 cm³/mol. The highest BCUT2D eigenvalue weighted by atomic mass is 16.2. The van der Waals surface area contributed by atoms with Gasteiger partial charge in [-0.3, -0.25) is 29.0 Å². The molecular formula is C31H43N5O5. The van der Waals surface area contributed by atoms with Gasteiger partial charge in [-0.05, 0) is 43.2 Å². The Morgan fingerprint density at radius 1 is 0.854 bits per heavy atom. The monoisotopic (exact) mass is 565 g/mol. The number of hydrogen-bond donors (Lipinski definition) is 4. The van der Waals surface area contributed by atoms with Gasteiger partial charge in [-0.2, -0.15) is 0 Å². The number of rotatable bonds is 10. The van der Waals surface area contributed by atoms with Crippen LogP contribution in [-0.4, -0.2) is 58.6 Å². The van der Waals surface area contributed by atoms with Gasteiger partial charge in [-0.15, -0.1) is 0 Å². The average Bonchev–Trinajstić information content (AvgIpc) is 2.93. The Labute approximate surface area is 241 Å². The molecule has 4 amide bonds. The van der Waals surface area contributed by atoms with Crippen LogP contribution in [0.3, 0.4) is 0 Å². The zero-order chi connectivity index (χ0) is 30.3. The van der Waals surface area contributed by atoms with Gasteiger partial charge in [0, 0.05) is 17.6 Å². The van der Waals surface area contributed by atoms with E-state index in [0.29, 0.717) is 16.5 Å². The Balaban J connectivity index is 1.66. The van der Waals surface area contributed by atoms with Crippen molar-refractivity contribution in [2.24, 2.45) is 11.3 Å². The van der Waals surface area contributed by atoms with Crippen molar-refractivity contribution in [1.29, 1.82) is 0 Å². The zero-order valence-electron chi connectivity index (χ0n) is 24.9. The standard InChI is InChI=1S/C31H43N5O5/c1-18(2)24(25(37)29(40)34-20-12-8-7-9-13-20)35-27(38)19(3)33-30(41)26(31(4,5)6)36-28(39)22-16-17-32-23-15-11-10-14-21(22)23/h10-11,14-20,24,26H,7-9,12-13H2,1-6H3,(H,33,41)(H,34,40)(H,35,38)(H,36,39)/t19-,24-,26+/m0/s1. The van der Waals surface area contributed by atoms with E-state index in [9.17, 15) is 24.0 Å². The van der Waals surface area contributed by atoms with Gasteiger partial charge >= 0.3 is 0 Å². The maximum Gasteiger partial charge on any atom is 0.289 e. The number of amides is 4. The van der Waals surface area contributed by atoms with Gasteiger partial charge in [-0.1, -0.05) is 72.1 Å². The molecule has 2 aromatic rings. The molecule has 0 spiro atoms. The summed E-state index contributed by atoms with van der Waals surface area (Å²) in [6.45, 7) is 10.4. The summed E-state index contributed by atoms with van der Waals surface area (Å²) in [6, 6.07) is 5.76. The minimum atomic E-state index is -1.04. The summed E-state index contributed by atoms with van der Waals surface area (Å²) in [4.78, 5) is 69.6. The molecule has 1 heterocycles. The van der Waals surface area contributed by atoms with Gasteiger partial charge in [-0.25, -0.2) is 0 Å². The van der Waals surface area contributed by atoms with Crippen LogP contribution in [0.4, 0.5) is 0 Å². The number of benzene rings is 1. The molecule has 10 nitrogen and oxygen atoms in total. The number of aromatic nitrogens is 1. The minimum absolute atomic E-state index is 0.0309. The third-order valence-electron chi connectivity index (χ3n) is 7.46. The Morgan fingerprint density at radius 2 is 1.51 bits per heavy atom. The van der Waals surface area contributed by atoms with Gasteiger partial charge in [0.25, 0.3) is 11.8 Å². The predicted octanol–water partition coefficient (Wildman–Crippen LogP) is 3.04. The van der Waals surface area contributed by atoms with Crippen LogP contribution in [0.2, 0.25) is 0 Å². The Morgan fingerprint density at radius 3 is 2.15 bits per heavy atom. The fraction of sp³-hybridized carbons (Fsp3) is 0.548. The molecule has 3 atom stereocenters. The summed E-state index contributed by atoms with van der Waals surface area (Å²) in [5, 5.41) is 11.6. The molecule has 0 radical (unpaired) electrons. The smallest absolute Gasteiger partial charge is 0.289 e. The normalized spacial score (nSPS) is 16.4. The first-order chi connectivity index (χ1) is 19.3. The van der Waals surface area contributed by atoms with Crippen LogP contribution in [0.5, 0.6) is 0 Å². The number of nitrogens with one attached hydrogen (secondary N) is 4. The first kappa shape index (κ1) is 31.7. The van der Waals surface area contributed by atoms with Crippen LogP contribution in [0.15, 0.2) is 36.5 Å². The van der Waals surface area contributed by atoms with Gasteiger partial charge in [0.05, 0.1) is 17.1 Å². The summed E-state index contributed by atoms with van der Waals surface area (Å²) < 4.78 is 0. The van der Waals surface area contributed by atoms with Crippen LogP contribution >= 0.6 is 0 Å². The fourth-order valence-electron chi connectivity index (χ4n) is 5.00. The van der Waals surface area contributed by atoms with Gasteiger partial charge in [0.2, 0.25) is 17.6 Å². The van der Waals surface area contributed by atoms with E-state index in [2.05, 4.69) is 26.3 Å². The molecule has 1 aromatic heterocycles. The van der Waals surface area contributed by atoms with Crippen molar-refractivity contribution >= 4 is 40.3 Å². The number of Topliss-reactive ketones (excluding diaryl/α,β-unsaturated/α-hetero) is 1. The quantitative estimate of drug-likeness (QED) is 0.326. The minimum Gasteiger partial charge on any atom is -0.347 e. The Hall–Kier alpha value is -3.82. The second-order valence-electron chi connectivity index (χ2n) is 12.3. The van der Waals surface area contributed by atoms with E-state index >= 15 is 0 Å². The third-order valence-corrected chi connectivity index (χ3v) is 7.46. The number of fused-ring (bicyclic) bond motifs is 1.